The van der Waals surface area contributed by atoms with Crippen molar-refractivity contribution in [1.29, 1.82) is 0 Å². The van der Waals surface area contributed by atoms with Crippen molar-refractivity contribution in [2.75, 3.05) is 31.2 Å². The van der Waals surface area contributed by atoms with E-state index in [0.29, 0.717) is 32.8 Å². The Kier molecular flexibility index (Phi) is 5.05. The zero-order valence-corrected chi connectivity index (χ0v) is 18.9. The molecule has 0 atom stereocenters. The number of amides is 1. The lowest BCUT2D eigenvalue weighted by Gasteiger charge is -2.39. The number of anilines is 1. The summed E-state index contributed by atoms with van der Waals surface area (Å²) in [7, 11) is 0. The number of hydrogen-bond donors (Lipinski definition) is 1. The summed E-state index contributed by atoms with van der Waals surface area (Å²) in [5, 5.41) is 7.44. The van der Waals surface area contributed by atoms with E-state index in [2.05, 4.69) is 45.4 Å². The van der Waals surface area contributed by atoms with Crippen molar-refractivity contribution in [3.8, 4) is 22.6 Å². The van der Waals surface area contributed by atoms with Crippen LogP contribution in [0.1, 0.15) is 11.1 Å². The summed E-state index contributed by atoms with van der Waals surface area (Å²) in [4.78, 5) is 19.3. The number of hydrogen-bond acceptors (Lipinski definition) is 6. The van der Waals surface area contributed by atoms with Crippen molar-refractivity contribution in [1.82, 2.24) is 19.9 Å². The fourth-order valence-corrected chi connectivity index (χ4v) is 4.40. The summed E-state index contributed by atoms with van der Waals surface area (Å²) in [6.45, 7) is 5.00. The Labute approximate surface area is 197 Å². The molecule has 34 heavy (non-hydrogen) atoms. The first kappa shape index (κ1) is 20.5. The van der Waals surface area contributed by atoms with Gasteiger partial charge < -0.3 is 19.7 Å². The van der Waals surface area contributed by atoms with E-state index in [-0.39, 0.29) is 11.8 Å². The molecule has 1 amide bonds. The Bertz CT molecular complexity index is 1360. The van der Waals surface area contributed by atoms with Gasteiger partial charge in [-0.05, 0) is 36.2 Å². The minimum absolute atomic E-state index is 0.0484. The minimum atomic E-state index is -0.0484. The second kappa shape index (κ2) is 8.37. The van der Waals surface area contributed by atoms with Gasteiger partial charge in [0.25, 0.3) is 0 Å². The van der Waals surface area contributed by atoms with E-state index in [4.69, 9.17) is 9.47 Å². The van der Waals surface area contributed by atoms with E-state index >= 15 is 0 Å². The Morgan fingerprint density at radius 1 is 1.03 bits per heavy atom. The molecule has 0 saturated carbocycles. The number of carbonyl (C=O) groups is 1. The van der Waals surface area contributed by atoms with Crippen molar-refractivity contribution in [3.63, 3.8) is 0 Å². The Morgan fingerprint density at radius 3 is 2.65 bits per heavy atom. The normalized spacial score (nSPS) is 15.3. The number of carbonyl (C=O) groups excluding carboxylic acids is 1. The predicted molar refractivity (Wildman–Crippen MR) is 128 cm³/mol. The second-order valence-electron chi connectivity index (χ2n) is 8.81. The second-order valence-corrected chi connectivity index (χ2v) is 8.81. The summed E-state index contributed by atoms with van der Waals surface area (Å²) in [6, 6.07) is 16.2. The number of nitrogens with one attached hydrogen (secondary N) is 1. The van der Waals surface area contributed by atoms with Crippen LogP contribution in [0, 0.1) is 12.8 Å². The van der Waals surface area contributed by atoms with Crippen molar-refractivity contribution < 1.29 is 14.3 Å². The van der Waals surface area contributed by atoms with Crippen molar-refractivity contribution in [2.24, 2.45) is 5.92 Å². The standard InChI is InChI=1S/C26H25N5O3/c1-17-2-4-18(5-3-17)12-27-26(32)21-13-30(14-21)25-22-10-20(15-31(22)29-16-28-25)19-6-7-23-24(11-19)34-9-8-33-23/h2-7,10-11,15-16,21H,8-9,12-14H2,1H3,(H,27,32). The first-order valence-electron chi connectivity index (χ1n) is 11.5. The molecular formula is C26H25N5O3. The van der Waals surface area contributed by atoms with Crippen LogP contribution in [0.2, 0.25) is 0 Å². The van der Waals surface area contributed by atoms with Crippen LogP contribution in [0.4, 0.5) is 5.82 Å². The van der Waals surface area contributed by atoms with Gasteiger partial charge in [0.2, 0.25) is 5.91 Å². The molecule has 4 heterocycles. The fraction of sp³-hybridized carbons (Fsp3) is 0.269. The van der Waals surface area contributed by atoms with Crippen molar-refractivity contribution in [3.05, 3.63) is 72.2 Å². The zero-order chi connectivity index (χ0) is 23.1. The smallest absolute Gasteiger partial charge is 0.226 e. The van der Waals surface area contributed by atoms with Crippen LogP contribution < -0.4 is 19.7 Å². The molecule has 1 N–H and O–H groups in total. The van der Waals surface area contributed by atoms with Gasteiger partial charge in [-0.2, -0.15) is 5.10 Å². The summed E-state index contributed by atoms with van der Waals surface area (Å²) >= 11 is 0. The molecule has 0 bridgehead atoms. The maximum absolute atomic E-state index is 12.6. The monoisotopic (exact) mass is 455 g/mol. The molecule has 8 heteroatoms. The van der Waals surface area contributed by atoms with Crippen LogP contribution in [0.5, 0.6) is 11.5 Å². The van der Waals surface area contributed by atoms with Crippen LogP contribution in [0.3, 0.4) is 0 Å². The van der Waals surface area contributed by atoms with Crippen molar-refractivity contribution >= 4 is 17.2 Å². The van der Waals surface area contributed by atoms with Gasteiger partial charge in [0.15, 0.2) is 17.3 Å². The van der Waals surface area contributed by atoms with E-state index in [9.17, 15) is 4.79 Å². The lowest BCUT2D eigenvalue weighted by molar-refractivity contribution is -0.125. The van der Waals surface area contributed by atoms with Crippen LogP contribution in [-0.4, -0.2) is 46.8 Å². The molecule has 4 aromatic rings. The molecule has 1 fully saturated rings. The van der Waals surface area contributed by atoms with Gasteiger partial charge in [0.1, 0.15) is 25.1 Å². The summed E-state index contributed by atoms with van der Waals surface area (Å²) < 4.78 is 13.2. The number of benzene rings is 2. The van der Waals surface area contributed by atoms with E-state index in [1.54, 1.807) is 6.33 Å². The molecule has 2 aliphatic rings. The first-order valence-corrected chi connectivity index (χ1v) is 11.5. The summed E-state index contributed by atoms with van der Waals surface area (Å²) in [5.41, 5.74) is 5.27. The van der Waals surface area contributed by atoms with Gasteiger partial charge >= 0.3 is 0 Å². The third kappa shape index (κ3) is 3.81. The predicted octanol–water partition coefficient (Wildman–Crippen LogP) is 3.23. The molecule has 2 aromatic carbocycles. The molecule has 6 rings (SSSR count). The third-order valence-electron chi connectivity index (χ3n) is 6.40. The highest BCUT2D eigenvalue weighted by Crippen LogP contribution is 2.36. The molecule has 0 aliphatic carbocycles. The minimum Gasteiger partial charge on any atom is -0.486 e. The molecule has 0 radical (unpaired) electrons. The van der Waals surface area contributed by atoms with Gasteiger partial charge in [0.05, 0.1) is 5.92 Å². The molecule has 1 saturated heterocycles. The van der Waals surface area contributed by atoms with Crippen molar-refractivity contribution in [2.45, 2.75) is 13.5 Å². The maximum atomic E-state index is 12.6. The number of aryl methyl sites for hydroxylation is 1. The Morgan fingerprint density at radius 2 is 1.82 bits per heavy atom. The maximum Gasteiger partial charge on any atom is 0.226 e. The van der Waals surface area contributed by atoms with Gasteiger partial charge in [-0.25, -0.2) is 9.50 Å². The summed E-state index contributed by atoms with van der Waals surface area (Å²) in [5.74, 6) is 2.39. The van der Waals surface area contributed by atoms with Gasteiger partial charge in [-0.15, -0.1) is 0 Å². The molecular weight excluding hydrogens is 430 g/mol. The quantitative estimate of drug-likeness (QED) is 0.498. The van der Waals surface area contributed by atoms with Crippen LogP contribution in [0.15, 0.2) is 61.1 Å². The fourth-order valence-electron chi connectivity index (χ4n) is 4.40. The van der Waals surface area contributed by atoms with Gasteiger partial charge in [-0.3, -0.25) is 4.79 Å². The number of ether oxygens (including phenoxy) is 2. The van der Waals surface area contributed by atoms with Crippen LogP contribution in [0.25, 0.3) is 16.6 Å². The van der Waals surface area contributed by atoms with E-state index in [1.165, 1.54) is 5.56 Å². The van der Waals surface area contributed by atoms with Crippen LogP contribution >= 0.6 is 0 Å². The van der Waals surface area contributed by atoms with E-state index in [0.717, 1.165) is 39.5 Å². The zero-order valence-electron chi connectivity index (χ0n) is 18.9. The highest BCUT2D eigenvalue weighted by atomic mass is 16.6. The lowest BCUT2D eigenvalue weighted by Crippen LogP contribution is -2.54. The number of rotatable bonds is 5. The molecule has 8 nitrogen and oxygen atoms in total. The number of aromatic nitrogens is 3. The Hall–Kier alpha value is -4.07. The first-order chi connectivity index (χ1) is 16.6. The topological polar surface area (TPSA) is 81.0 Å². The highest BCUT2D eigenvalue weighted by molar-refractivity contribution is 5.84. The Balaban J connectivity index is 1.15. The van der Waals surface area contributed by atoms with E-state index in [1.807, 2.05) is 41.0 Å². The number of fused-ring (bicyclic) bond motifs is 2. The molecule has 0 spiro atoms. The molecule has 0 unspecified atom stereocenters. The lowest BCUT2D eigenvalue weighted by atomic mass is 9.99. The highest BCUT2D eigenvalue weighted by Gasteiger charge is 2.34. The third-order valence-corrected chi connectivity index (χ3v) is 6.40. The average molecular weight is 456 g/mol. The van der Waals surface area contributed by atoms with Gasteiger partial charge in [-0.1, -0.05) is 35.9 Å². The molecule has 172 valence electrons. The molecule has 2 aliphatic heterocycles. The average Bonchev–Trinajstić information content (AvgIpc) is 3.28. The van der Waals surface area contributed by atoms with Crippen LogP contribution in [-0.2, 0) is 11.3 Å². The van der Waals surface area contributed by atoms with Gasteiger partial charge in [0, 0.05) is 31.4 Å². The summed E-state index contributed by atoms with van der Waals surface area (Å²) in [6.07, 6.45) is 3.54. The number of nitrogens with zero attached hydrogens (tertiary/aromatic N) is 4. The SMILES string of the molecule is Cc1ccc(CNC(=O)C2CN(c3ncnn4cc(-c5ccc6c(c5)OCCO6)cc34)C2)cc1. The molecule has 2 aromatic heterocycles. The largest absolute Gasteiger partial charge is 0.486 e. The van der Waals surface area contributed by atoms with E-state index < -0.39 is 0 Å².